The van der Waals surface area contributed by atoms with Crippen LogP contribution >= 0.6 is 22.9 Å². The second-order valence-corrected chi connectivity index (χ2v) is 5.32. The third kappa shape index (κ3) is 3.30. The Bertz CT molecular complexity index is 409. The van der Waals surface area contributed by atoms with Gasteiger partial charge in [0.1, 0.15) is 0 Å². The van der Waals surface area contributed by atoms with Gasteiger partial charge < -0.3 is 5.32 Å². The van der Waals surface area contributed by atoms with E-state index in [-0.39, 0.29) is 0 Å². The Kier molecular flexibility index (Phi) is 3.93. The Balaban J connectivity index is 1.69. The molecule has 4 nitrogen and oxygen atoms in total. The summed E-state index contributed by atoms with van der Waals surface area (Å²) in [5, 5.41) is 11.2. The first-order valence-corrected chi connectivity index (χ1v) is 6.23. The van der Waals surface area contributed by atoms with Crippen molar-refractivity contribution < 1.29 is 0 Å². The molecule has 0 unspecified atom stereocenters. The molecule has 2 heterocycles. The van der Waals surface area contributed by atoms with Gasteiger partial charge in [-0.15, -0.1) is 16.4 Å². The topological polar surface area (TPSA) is 42.7 Å². The van der Waals surface area contributed by atoms with E-state index in [2.05, 4.69) is 15.6 Å². The largest absolute Gasteiger partial charge is 0.311 e. The van der Waals surface area contributed by atoms with Gasteiger partial charge in [0.05, 0.1) is 10.0 Å². The van der Waals surface area contributed by atoms with E-state index in [1.54, 1.807) is 16.0 Å². The predicted octanol–water partition coefficient (Wildman–Crippen LogP) is 1.86. The van der Waals surface area contributed by atoms with E-state index in [0.717, 1.165) is 29.5 Å². The van der Waals surface area contributed by atoms with Crippen LogP contribution in [0.3, 0.4) is 0 Å². The molecule has 16 heavy (non-hydrogen) atoms. The minimum absolute atomic E-state index is 0.839. The molecule has 0 saturated heterocycles. The van der Waals surface area contributed by atoms with Crippen molar-refractivity contribution in [1.29, 1.82) is 0 Å². The van der Waals surface area contributed by atoms with Crippen LogP contribution in [-0.2, 0) is 20.0 Å². The van der Waals surface area contributed by atoms with Crippen LogP contribution in [0.5, 0.6) is 0 Å². The van der Waals surface area contributed by atoms with Crippen molar-refractivity contribution in [3.63, 3.8) is 0 Å². The van der Waals surface area contributed by atoms with Crippen LogP contribution in [0.15, 0.2) is 18.3 Å². The summed E-state index contributed by atoms with van der Waals surface area (Å²) in [4.78, 5) is 1.25. The van der Waals surface area contributed by atoms with Gasteiger partial charge in [-0.1, -0.05) is 16.8 Å². The molecule has 0 bridgehead atoms. The first-order chi connectivity index (χ1) is 7.74. The number of aromatic nitrogens is 3. The van der Waals surface area contributed by atoms with Gasteiger partial charge in [0.25, 0.3) is 0 Å². The molecule has 0 spiro atoms. The second kappa shape index (κ2) is 5.43. The lowest BCUT2D eigenvalue weighted by molar-refractivity contribution is 0.682. The van der Waals surface area contributed by atoms with E-state index < -0.39 is 0 Å². The second-order valence-electron chi connectivity index (χ2n) is 3.52. The number of rotatable bonds is 5. The molecule has 1 N–H and O–H groups in total. The normalized spacial score (nSPS) is 10.9. The molecule has 86 valence electrons. The molecule has 0 saturated carbocycles. The van der Waals surface area contributed by atoms with Gasteiger partial charge in [-0.25, -0.2) is 0 Å². The number of nitrogens with zero attached hydrogens (tertiary/aromatic N) is 3. The van der Waals surface area contributed by atoms with E-state index in [1.807, 2.05) is 25.4 Å². The van der Waals surface area contributed by atoms with E-state index in [1.165, 1.54) is 4.88 Å². The average Bonchev–Trinajstić information content (AvgIpc) is 2.83. The standard InChI is InChI=1S/C10H13ClN4S/c1-15-7-8(13-14-15)4-5-12-6-9-2-3-10(11)16-9/h2-3,7,12H,4-6H2,1H3. The molecular formula is C10H13ClN4S. The Morgan fingerprint density at radius 3 is 3.00 bits per heavy atom. The third-order valence-corrected chi connectivity index (χ3v) is 3.37. The van der Waals surface area contributed by atoms with Crippen LogP contribution < -0.4 is 5.32 Å². The molecule has 6 heteroatoms. The van der Waals surface area contributed by atoms with Crippen molar-refractivity contribution in [2.45, 2.75) is 13.0 Å². The third-order valence-electron chi connectivity index (χ3n) is 2.14. The van der Waals surface area contributed by atoms with Crippen molar-refractivity contribution in [1.82, 2.24) is 20.3 Å². The van der Waals surface area contributed by atoms with Crippen molar-refractivity contribution in [3.05, 3.63) is 33.2 Å². The summed E-state index contributed by atoms with van der Waals surface area (Å²) in [5.41, 5.74) is 1.01. The lowest BCUT2D eigenvalue weighted by Crippen LogP contribution is -2.16. The number of halogens is 1. The zero-order chi connectivity index (χ0) is 11.4. The number of hydrogen-bond donors (Lipinski definition) is 1. The summed E-state index contributed by atoms with van der Waals surface area (Å²) in [7, 11) is 1.87. The van der Waals surface area contributed by atoms with Crippen molar-refractivity contribution in [2.24, 2.45) is 7.05 Å². The molecule has 0 aliphatic carbocycles. The summed E-state index contributed by atoms with van der Waals surface area (Å²) >= 11 is 7.45. The molecule has 0 aliphatic rings. The smallest absolute Gasteiger partial charge is 0.0931 e. The summed E-state index contributed by atoms with van der Waals surface area (Å²) < 4.78 is 2.56. The first-order valence-electron chi connectivity index (χ1n) is 5.04. The Hall–Kier alpha value is -0.910. The molecule has 2 rings (SSSR count). The molecule has 2 aromatic heterocycles. The van der Waals surface area contributed by atoms with E-state index >= 15 is 0 Å². The summed E-state index contributed by atoms with van der Waals surface area (Å²) in [6.45, 7) is 1.76. The van der Waals surface area contributed by atoms with Crippen LogP contribution in [-0.4, -0.2) is 21.5 Å². The van der Waals surface area contributed by atoms with Crippen LogP contribution in [0.2, 0.25) is 4.34 Å². The Morgan fingerprint density at radius 2 is 2.38 bits per heavy atom. The van der Waals surface area contributed by atoms with Gasteiger partial charge in [-0.3, -0.25) is 4.68 Å². The Labute approximate surface area is 103 Å². The van der Waals surface area contributed by atoms with Gasteiger partial charge >= 0.3 is 0 Å². The highest BCUT2D eigenvalue weighted by atomic mass is 35.5. The first kappa shape index (κ1) is 11.6. The summed E-state index contributed by atoms with van der Waals surface area (Å²) in [5.74, 6) is 0. The maximum atomic E-state index is 5.84. The highest BCUT2D eigenvalue weighted by Gasteiger charge is 1.99. The molecule has 0 aliphatic heterocycles. The summed E-state index contributed by atoms with van der Waals surface area (Å²) in [6.07, 6.45) is 2.83. The quantitative estimate of drug-likeness (QED) is 0.831. The summed E-state index contributed by atoms with van der Waals surface area (Å²) in [6, 6.07) is 3.97. The van der Waals surface area contributed by atoms with Crippen LogP contribution in [0.1, 0.15) is 10.6 Å². The predicted molar refractivity (Wildman–Crippen MR) is 65.7 cm³/mol. The molecule has 0 aromatic carbocycles. The van der Waals surface area contributed by atoms with Crippen LogP contribution in [0.4, 0.5) is 0 Å². The van der Waals surface area contributed by atoms with Crippen molar-refractivity contribution in [2.75, 3.05) is 6.54 Å². The maximum absolute atomic E-state index is 5.84. The lowest BCUT2D eigenvalue weighted by atomic mass is 10.3. The number of hydrogen-bond acceptors (Lipinski definition) is 4. The number of nitrogens with one attached hydrogen (secondary N) is 1. The monoisotopic (exact) mass is 256 g/mol. The fraction of sp³-hybridized carbons (Fsp3) is 0.400. The highest BCUT2D eigenvalue weighted by Crippen LogP contribution is 2.20. The van der Waals surface area contributed by atoms with E-state index in [0.29, 0.717) is 0 Å². The minimum Gasteiger partial charge on any atom is -0.311 e. The lowest BCUT2D eigenvalue weighted by Gasteiger charge is -2.00. The molecular weight excluding hydrogens is 244 g/mol. The van der Waals surface area contributed by atoms with E-state index in [4.69, 9.17) is 11.6 Å². The van der Waals surface area contributed by atoms with Crippen molar-refractivity contribution in [3.8, 4) is 0 Å². The minimum atomic E-state index is 0.839. The van der Waals surface area contributed by atoms with E-state index in [9.17, 15) is 0 Å². The molecule has 0 amide bonds. The SMILES string of the molecule is Cn1cc(CCNCc2ccc(Cl)s2)nn1. The fourth-order valence-electron chi connectivity index (χ4n) is 1.38. The van der Waals surface area contributed by atoms with Gasteiger partial charge in [-0.2, -0.15) is 0 Å². The van der Waals surface area contributed by atoms with Gasteiger partial charge in [-0.05, 0) is 12.1 Å². The number of thiophene rings is 1. The fourth-order valence-corrected chi connectivity index (χ4v) is 2.44. The van der Waals surface area contributed by atoms with Crippen LogP contribution in [0.25, 0.3) is 0 Å². The molecule has 0 fully saturated rings. The van der Waals surface area contributed by atoms with Gasteiger partial charge in [0, 0.05) is 37.6 Å². The molecule has 2 aromatic rings. The average molecular weight is 257 g/mol. The Morgan fingerprint density at radius 1 is 1.50 bits per heavy atom. The van der Waals surface area contributed by atoms with Crippen molar-refractivity contribution >= 4 is 22.9 Å². The highest BCUT2D eigenvalue weighted by molar-refractivity contribution is 7.16. The van der Waals surface area contributed by atoms with Crippen LogP contribution in [0, 0.1) is 0 Å². The maximum Gasteiger partial charge on any atom is 0.0931 e. The molecule has 0 radical (unpaired) electrons. The zero-order valence-corrected chi connectivity index (χ0v) is 10.6. The number of aryl methyl sites for hydroxylation is 1. The zero-order valence-electron chi connectivity index (χ0n) is 8.98. The molecule has 0 atom stereocenters. The van der Waals surface area contributed by atoms with Gasteiger partial charge in [0.2, 0.25) is 0 Å². The van der Waals surface area contributed by atoms with Gasteiger partial charge in [0.15, 0.2) is 0 Å².